The summed E-state index contributed by atoms with van der Waals surface area (Å²) in [6, 6.07) is 10.2. The van der Waals surface area contributed by atoms with E-state index in [1.165, 1.54) is 0 Å². The van der Waals surface area contributed by atoms with Gasteiger partial charge < -0.3 is 25.3 Å². The molecule has 0 bridgehead atoms. The number of benzene rings is 1. The molecule has 3 N–H and O–H groups in total. The predicted octanol–water partition coefficient (Wildman–Crippen LogP) is 3.74. The lowest BCUT2D eigenvalue weighted by molar-refractivity contribution is -0.141. The van der Waals surface area contributed by atoms with E-state index in [1.54, 1.807) is 13.1 Å². The lowest BCUT2D eigenvalue weighted by Gasteiger charge is -2.38. The Kier molecular flexibility index (Phi) is 8.55. The average Bonchev–Trinajstić information content (AvgIpc) is 3.23. The third-order valence-corrected chi connectivity index (χ3v) is 7.13. The zero-order valence-electron chi connectivity index (χ0n) is 20.8. The smallest absolute Gasteiger partial charge is 0.254 e. The Bertz CT molecular complexity index is 936. The third kappa shape index (κ3) is 4.91. The van der Waals surface area contributed by atoms with Crippen LogP contribution >= 0.6 is 0 Å². The molecule has 2 aliphatic rings. The van der Waals surface area contributed by atoms with Gasteiger partial charge in [-0.3, -0.25) is 9.59 Å². The fourth-order valence-electron chi connectivity index (χ4n) is 5.24. The number of carbonyl (C=O) groups is 2. The summed E-state index contributed by atoms with van der Waals surface area (Å²) in [5, 5.41) is 2.70. The van der Waals surface area contributed by atoms with Gasteiger partial charge in [0.05, 0.1) is 16.4 Å². The molecule has 1 aromatic carbocycles. The van der Waals surface area contributed by atoms with E-state index in [4.69, 9.17) is 19.9 Å². The van der Waals surface area contributed by atoms with E-state index >= 15 is 0 Å². The monoisotopic (exact) mass is 470 g/mol. The quantitative estimate of drug-likeness (QED) is 0.454. The van der Waals surface area contributed by atoms with Gasteiger partial charge in [0, 0.05) is 20.3 Å². The summed E-state index contributed by atoms with van der Waals surface area (Å²) >= 11 is 0. The predicted molar refractivity (Wildman–Crippen MR) is 131 cm³/mol. The number of ether oxygens (including phenoxy) is 3. The lowest BCUT2D eigenvalue weighted by atomic mass is 9.63. The van der Waals surface area contributed by atoms with Gasteiger partial charge in [0.25, 0.3) is 5.91 Å². The Hall–Kier alpha value is -2.64. The van der Waals surface area contributed by atoms with Crippen LogP contribution in [0.4, 0.5) is 0 Å². The number of likely N-dealkylation sites (N-methyl/N-ethyl adjacent to an activating group) is 1. The van der Waals surface area contributed by atoms with Gasteiger partial charge in [0.15, 0.2) is 6.29 Å². The van der Waals surface area contributed by atoms with Crippen LogP contribution in [0.5, 0.6) is 0 Å². The SMILES string of the molecule is CCOC(CCCC1(C(N)=O)C=C(C(=O)NC)C2=C(C1)C(CC)(c1ccccc1)CO2)OCC. The van der Waals surface area contributed by atoms with Gasteiger partial charge in [0.1, 0.15) is 12.4 Å². The standard InChI is InChI=1S/C27H38N2O5/c1-5-27(19-12-9-8-10-13-19)18-34-23-20(24(30)29-4)16-26(25(28)31,17-21(23)27)15-11-14-22(32-6-2)33-7-3/h8-10,12-13,16,22H,5-7,11,14-15,17-18H2,1-4H3,(H2,28,31)(H,29,30). The normalized spacial score (nSPS) is 24.0. The minimum absolute atomic E-state index is 0.278. The van der Waals surface area contributed by atoms with E-state index in [-0.39, 0.29) is 12.2 Å². The van der Waals surface area contributed by atoms with Crippen LogP contribution in [0, 0.1) is 5.41 Å². The molecular weight excluding hydrogens is 432 g/mol. The molecule has 2 amide bonds. The number of rotatable bonds is 12. The van der Waals surface area contributed by atoms with Crippen LogP contribution in [0.25, 0.3) is 0 Å². The first-order chi connectivity index (χ1) is 16.4. The summed E-state index contributed by atoms with van der Waals surface area (Å²) in [6.07, 6.45) is 4.41. The highest BCUT2D eigenvalue weighted by molar-refractivity contribution is 6.00. The highest BCUT2D eigenvalue weighted by Gasteiger charge is 2.51. The number of hydrogen-bond donors (Lipinski definition) is 2. The zero-order valence-corrected chi connectivity index (χ0v) is 20.8. The fourth-order valence-corrected chi connectivity index (χ4v) is 5.24. The molecule has 0 radical (unpaired) electrons. The first kappa shape index (κ1) is 26.0. The van der Waals surface area contributed by atoms with Gasteiger partial charge in [-0.05, 0) is 57.1 Å². The first-order valence-electron chi connectivity index (χ1n) is 12.3. The van der Waals surface area contributed by atoms with Crippen LogP contribution in [0.2, 0.25) is 0 Å². The maximum absolute atomic E-state index is 13.0. The van der Waals surface area contributed by atoms with Crippen molar-refractivity contribution in [1.82, 2.24) is 5.32 Å². The maximum Gasteiger partial charge on any atom is 0.254 e. The van der Waals surface area contributed by atoms with Crippen LogP contribution < -0.4 is 11.1 Å². The fraction of sp³-hybridized carbons (Fsp3) is 0.556. The molecule has 1 aliphatic heterocycles. The second kappa shape index (κ2) is 11.2. The molecule has 7 nitrogen and oxygen atoms in total. The molecule has 2 unspecified atom stereocenters. The summed E-state index contributed by atoms with van der Waals surface area (Å²) in [4.78, 5) is 25.9. The molecule has 1 aliphatic carbocycles. The van der Waals surface area contributed by atoms with Gasteiger partial charge in [0.2, 0.25) is 5.91 Å². The topological polar surface area (TPSA) is 99.9 Å². The van der Waals surface area contributed by atoms with Gasteiger partial charge >= 0.3 is 0 Å². The van der Waals surface area contributed by atoms with E-state index in [0.29, 0.717) is 56.8 Å². The lowest BCUT2D eigenvalue weighted by Crippen LogP contribution is -2.42. The molecule has 186 valence electrons. The molecule has 34 heavy (non-hydrogen) atoms. The number of primary amides is 1. The first-order valence-corrected chi connectivity index (χ1v) is 12.3. The molecule has 1 heterocycles. The highest BCUT2D eigenvalue weighted by Crippen LogP contribution is 2.53. The van der Waals surface area contributed by atoms with E-state index in [0.717, 1.165) is 17.6 Å². The number of nitrogens with one attached hydrogen (secondary N) is 1. The Labute approximate surface area is 202 Å². The molecule has 0 saturated carbocycles. The van der Waals surface area contributed by atoms with Crippen LogP contribution in [-0.4, -0.2) is 45.0 Å². The van der Waals surface area contributed by atoms with Crippen molar-refractivity contribution in [2.75, 3.05) is 26.9 Å². The van der Waals surface area contributed by atoms with Gasteiger partial charge in [-0.25, -0.2) is 0 Å². The van der Waals surface area contributed by atoms with Crippen molar-refractivity contribution >= 4 is 11.8 Å². The van der Waals surface area contributed by atoms with E-state index in [9.17, 15) is 9.59 Å². The molecule has 2 atom stereocenters. The average molecular weight is 471 g/mol. The largest absolute Gasteiger partial charge is 0.492 e. The second-order valence-electron chi connectivity index (χ2n) is 8.96. The van der Waals surface area contributed by atoms with Gasteiger partial charge in [-0.2, -0.15) is 0 Å². The number of hydrogen-bond acceptors (Lipinski definition) is 5. The van der Waals surface area contributed by atoms with Crippen molar-refractivity contribution < 1.29 is 23.8 Å². The van der Waals surface area contributed by atoms with Crippen molar-refractivity contribution in [3.8, 4) is 0 Å². The summed E-state index contributed by atoms with van der Waals surface area (Å²) in [6.45, 7) is 7.51. The van der Waals surface area contributed by atoms with Gasteiger partial charge in [-0.15, -0.1) is 0 Å². The summed E-state index contributed by atoms with van der Waals surface area (Å²) in [5.74, 6) is -0.127. The molecular formula is C27H38N2O5. The molecule has 0 aromatic heterocycles. The minimum atomic E-state index is -0.993. The van der Waals surface area contributed by atoms with Crippen LogP contribution in [0.3, 0.4) is 0 Å². The zero-order chi connectivity index (χ0) is 24.8. The van der Waals surface area contributed by atoms with Gasteiger partial charge in [-0.1, -0.05) is 43.3 Å². The van der Waals surface area contributed by atoms with E-state index in [2.05, 4.69) is 24.4 Å². The third-order valence-electron chi connectivity index (χ3n) is 7.13. The highest BCUT2D eigenvalue weighted by atomic mass is 16.7. The van der Waals surface area contributed by atoms with Crippen LogP contribution in [0.15, 0.2) is 53.3 Å². The Morgan fingerprint density at radius 1 is 1.15 bits per heavy atom. The van der Waals surface area contributed by atoms with E-state index < -0.39 is 16.7 Å². The van der Waals surface area contributed by atoms with Crippen LogP contribution in [0.1, 0.15) is 58.4 Å². The second-order valence-corrected chi connectivity index (χ2v) is 8.96. The van der Waals surface area contributed by atoms with Crippen molar-refractivity contribution in [3.05, 3.63) is 58.9 Å². The maximum atomic E-state index is 13.0. The van der Waals surface area contributed by atoms with E-state index in [1.807, 2.05) is 32.0 Å². The minimum Gasteiger partial charge on any atom is -0.492 e. The van der Waals surface area contributed by atoms with Crippen molar-refractivity contribution in [3.63, 3.8) is 0 Å². The molecule has 1 aromatic rings. The molecule has 7 heteroatoms. The summed E-state index contributed by atoms with van der Waals surface area (Å²) in [5.41, 5.74) is 7.13. The van der Waals surface area contributed by atoms with Crippen LogP contribution in [-0.2, 0) is 29.2 Å². The Morgan fingerprint density at radius 3 is 2.38 bits per heavy atom. The van der Waals surface area contributed by atoms with Crippen molar-refractivity contribution in [2.45, 2.75) is 64.6 Å². The number of carbonyl (C=O) groups excluding carboxylic acids is 2. The molecule has 0 saturated heterocycles. The summed E-state index contributed by atoms with van der Waals surface area (Å²) < 4.78 is 17.5. The molecule has 0 spiro atoms. The number of amides is 2. The molecule has 3 rings (SSSR count). The van der Waals surface area contributed by atoms with Crippen molar-refractivity contribution in [2.24, 2.45) is 11.1 Å². The summed E-state index contributed by atoms with van der Waals surface area (Å²) in [7, 11) is 1.58. The molecule has 0 fully saturated rings. The number of nitrogens with two attached hydrogens (primary N) is 1. The Balaban J connectivity index is 2.00. The Morgan fingerprint density at radius 2 is 1.82 bits per heavy atom. The van der Waals surface area contributed by atoms with Crippen molar-refractivity contribution in [1.29, 1.82) is 0 Å².